The van der Waals surface area contributed by atoms with E-state index in [0.29, 0.717) is 18.9 Å². The predicted octanol–water partition coefficient (Wildman–Crippen LogP) is 1.55. The molecule has 0 aliphatic carbocycles. The quantitative estimate of drug-likeness (QED) is 0.813. The minimum atomic E-state index is -0.782. The molecule has 17 heavy (non-hydrogen) atoms. The third kappa shape index (κ3) is 2.99. The van der Waals surface area contributed by atoms with Crippen LogP contribution in [0.25, 0.3) is 0 Å². The summed E-state index contributed by atoms with van der Waals surface area (Å²) in [5.41, 5.74) is -0.782. The Morgan fingerprint density at radius 2 is 1.94 bits per heavy atom. The molecule has 4 heteroatoms. The molecule has 1 fully saturated rings. The summed E-state index contributed by atoms with van der Waals surface area (Å²) in [4.78, 5) is 25.9. The molecular weight excluding hydrogens is 216 g/mol. The van der Waals surface area contributed by atoms with Crippen molar-refractivity contribution in [2.45, 2.75) is 59.0 Å². The minimum absolute atomic E-state index is 0.0314. The highest BCUT2D eigenvalue weighted by molar-refractivity contribution is 5.93. The number of carbonyl (C=O) groups is 2. The first-order chi connectivity index (χ1) is 7.79. The van der Waals surface area contributed by atoms with E-state index in [-0.39, 0.29) is 17.9 Å². The van der Waals surface area contributed by atoms with Crippen LogP contribution in [0.5, 0.6) is 0 Å². The van der Waals surface area contributed by atoms with E-state index in [0.717, 1.165) is 6.42 Å². The van der Waals surface area contributed by atoms with Crippen molar-refractivity contribution in [3.8, 4) is 0 Å². The van der Waals surface area contributed by atoms with Crippen molar-refractivity contribution in [1.82, 2.24) is 10.2 Å². The number of amides is 2. The molecule has 0 aromatic rings. The van der Waals surface area contributed by atoms with E-state index in [1.54, 1.807) is 13.8 Å². The monoisotopic (exact) mass is 240 g/mol. The van der Waals surface area contributed by atoms with Crippen LogP contribution in [0, 0.1) is 5.92 Å². The second-order valence-electron chi connectivity index (χ2n) is 5.64. The summed E-state index contributed by atoms with van der Waals surface area (Å²) >= 11 is 0. The van der Waals surface area contributed by atoms with Crippen LogP contribution in [0.3, 0.4) is 0 Å². The van der Waals surface area contributed by atoms with E-state index in [4.69, 9.17) is 0 Å². The summed E-state index contributed by atoms with van der Waals surface area (Å²) < 4.78 is 0. The van der Waals surface area contributed by atoms with Crippen LogP contribution in [0.15, 0.2) is 0 Å². The molecule has 2 amide bonds. The number of rotatable bonds is 3. The van der Waals surface area contributed by atoms with Crippen LogP contribution in [0.4, 0.5) is 0 Å². The Hall–Kier alpha value is -1.06. The highest BCUT2D eigenvalue weighted by atomic mass is 16.2. The maximum atomic E-state index is 12.4. The van der Waals surface area contributed by atoms with E-state index in [1.807, 2.05) is 4.90 Å². The SMILES string of the molecule is CCC(C(C)C)N1CCC(=O)NC(C)(C)C1=O. The summed E-state index contributed by atoms with van der Waals surface area (Å²) in [6.45, 7) is 10.4. The third-order valence-corrected chi connectivity index (χ3v) is 3.42. The Kier molecular flexibility index (Phi) is 4.17. The maximum absolute atomic E-state index is 12.4. The summed E-state index contributed by atoms with van der Waals surface area (Å²) in [5, 5.41) is 2.79. The third-order valence-electron chi connectivity index (χ3n) is 3.42. The van der Waals surface area contributed by atoms with Gasteiger partial charge in [0.2, 0.25) is 11.8 Å². The van der Waals surface area contributed by atoms with Gasteiger partial charge in [-0.05, 0) is 26.2 Å². The molecule has 4 nitrogen and oxygen atoms in total. The lowest BCUT2D eigenvalue weighted by atomic mass is 9.96. The molecule has 1 saturated heterocycles. The molecule has 1 heterocycles. The highest BCUT2D eigenvalue weighted by Gasteiger charge is 2.39. The average molecular weight is 240 g/mol. The average Bonchev–Trinajstić information content (AvgIpc) is 2.29. The zero-order valence-corrected chi connectivity index (χ0v) is 11.5. The lowest BCUT2D eigenvalue weighted by Crippen LogP contribution is -2.55. The van der Waals surface area contributed by atoms with E-state index in [9.17, 15) is 9.59 Å². The molecule has 1 rings (SSSR count). The van der Waals surface area contributed by atoms with Crippen LogP contribution in [-0.2, 0) is 9.59 Å². The highest BCUT2D eigenvalue weighted by Crippen LogP contribution is 2.21. The Morgan fingerprint density at radius 1 is 1.35 bits per heavy atom. The van der Waals surface area contributed by atoms with Crippen LogP contribution in [0.1, 0.15) is 47.5 Å². The van der Waals surface area contributed by atoms with Gasteiger partial charge >= 0.3 is 0 Å². The van der Waals surface area contributed by atoms with Crippen molar-refractivity contribution in [3.05, 3.63) is 0 Å². The van der Waals surface area contributed by atoms with Crippen molar-refractivity contribution in [1.29, 1.82) is 0 Å². The van der Waals surface area contributed by atoms with Gasteiger partial charge in [-0.15, -0.1) is 0 Å². The molecule has 0 aromatic heterocycles. The van der Waals surface area contributed by atoms with E-state index in [2.05, 4.69) is 26.1 Å². The number of nitrogens with one attached hydrogen (secondary N) is 1. The number of nitrogens with zero attached hydrogens (tertiary/aromatic N) is 1. The first kappa shape index (κ1) is 14.0. The van der Waals surface area contributed by atoms with Crippen LogP contribution < -0.4 is 5.32 Å². The van der Waals surface area contributed by atoms with Crippen LogP contribution in [-0.4, -0.2) is 34.8 Å². The second-order valence-corrected chi connectivity index (χ2v) is 5.64. The van der Waals surface area contributed by atoms with Gasteiger partial charge in [0.15, 0.2) is 0 Å². The molecule has 1 N–H and O–H groups in total. The van der Waals surface area contributed by atoms with Gasteiger partial charge in [-0.1, -0.05) is 20.8 Å². The Morgan fingerprint density at radius 3 is 2.41 bits per heavy atom. The van der Waals surface area contributed by atoms with Crippen LogP contribution >= 0.6 is 0 Å². The fraction of sp³-hybridized carbons (Fsp3) is 0.846. The number of hydrogen-bond acceptors (Lipinski definition) is 2. The molecule has 0 saturated carbocycles. The van der Waals surface area contributed by atoms with E-state index < -0.39 is 5.54 Å². The Labute approximate surface area is 104 Å². The molecule has 1 aliphatic heterocycles. The number of hydrogen-bond donors (Lipinski definition) is 1. The topological polar surface area (TPSA) is 49.4 Å². The minimum Gasteiger partial charge on any atom is -0.342 e. The molecule has 0 aromatic carbocycles. The van der Waals surface area contributed by atoms with Gasteiger partial charge in [0.05, 0.1) is 0 Å². The molecule has 1 atom stereocenters. The largest absolute Gasteiger partial charge is 0.342 e. The second kappa shape index (κ2) is 5.07. The summed E-state index contributed by atoms with van der Waals surface area (Å²) in [7, 11) is 0. The van der Waals surface area contributed by atoms with Gasteiger partial charge in [-0.3, -0.25) is 9.59 Å². The lowest BCUT2D eigenvalue weighted by molar-refractivity contribution is -0.140. The van der Waals surface area contributed by atoms with Crippen molar-refractivity contribution >= 4 is 11.8 Å². The van der Waals surface area contributed by atoms with Gasteiger partial charge in [0.1, 0.15) is 5.54 Å². The van der Waals surface area contributed by atoms with Crippen molar-refractivity contribution in [2.24, 2.45) is 5.92 Å². The van der Waals surface area contributed by atoms with Crippen molar-refractivity contribution < 1.29 is 9.59 Å². The zero-order chi connectivity index (χ0) is 13.2. The summed E-state index contributed by atoms with van der Waals surface area (Å²) in [6, 6.07) is 0.217. The fourth-order valence-electron chi connectivity index (χ4n) is 2.52. The Balaban J connectivity index is 2.98. The smallest absolute Gasteiger partial charge is 0.248 e. The lowest BCUT2D eigenvalue weighted by Gasteiger charge is -2.36. The van der Waals surface area contributed by atoms with Gasteiger partial charge in [0.25, 0.3) is 0 Å². The molecular formula is C13H24N2O2. The normalized spacial score (nSPS) is 22.4. The maximum Gasteiger partial charge on any atom is 0.248 e. The summed E-state index contributed by atoms with van der Waals surface area (Å²) in [6.07, 6.45) is 1.33. The van der Waals surface area contributed by atoms with Gasteiger partial charge in [-0.2, -0.15) is 0 Å². The van der Waals surface area contributed by atoms with E-state index >= 15 is 0 Å². The van der Waals surface area contributed by atoms with Gasteiger partial charge in [-0.25, -0.2) is 0 Å². The molecule has 0 spiro atoms. The molecule has 0 radical (unpaired) electrons. The van der Waals surface area contributed by atoms with Crippen molar-refractivity contribution in [3.63, 3.8) is 0 Å². The van der Waals surface area contributed by atoms with Gasteiger partial charge in [0, 0.05) is 19.0 Å². The zero-order valence-electron chi connectivity index (χ0n) is 11.5. The first-order valence-electron chi connectivity index (χ1n) is 6.41. The van der Waals surface area contributed by atoms with E-state index in [1.165, 1.54) is 0 Å². The standard InChI is InChI=1S/C13H24N2O2/c1-6-10(9(2)3)15-8-7-11(16)14-13(4,5)12(15)17/h9-10H,6-8H2,1-5H3,(H,14,16). The Bertz CT molecular complexity index is 311. The number of carbonyl (C=O) groups excluding carboxylic acids is 2. The molecule has 0 bridgehead atoms. The predicted molar refractivity (Wildman–Crippen MR) is 67.5 cm³/mol. The fourth-order valence-corrected chi connectivity index (χ4v) is 2.52. The van der Waals surface area contributed by atoms with Crippen LogP contribution in [0.2, 0.25) is 0 Å². The summed E-state index contributed by atoms with van der Waals surface area (Å²) in [5.74, 6) is 0.404. The van der Waals surface area contributed by atoms with Gasteiger partial charge < -0.3 is 10.2 Å². The first-order valence-corrected chi connectivity index (χ1v) is 6.41. The molecule has 1 unspecified atom stereocenters. The molecule has 98 valence electrons. The molecule has 1 aliphatic rings. The van der Waals surface area contributed by atoms with Crippen molar-refractivity contribution in [2.75, 3.05) is 6.54 Å².